The summed E-state index contributed by atoms with van der Waals surface area (Å²) in [6.45, 7) is 2.56. The zero-order chi connectivity index (χ0) is 17.9. The molecule has 1 aliphatic rings. The highest BCUT2D eigenvalue weighted by Crippen LogP contribution is 2.28. The minimum absolute atomic E-state index is 0.0320. The third-order valence-corrected chi connectivity index (χ3v) is 5.37. The summed E-state index contributed by atoms with van der Waals surface area (Å²) in [5, 5.41) is 16.2. The first-order valence-electron chi connectivity index (χ1n) is 8.76. The number of fused-ring (bicyclic) bond motifs is 1. The minimum Gasteiger partial charge on any atom is -0.359 e. The summed E-state index contributed by atoms with van der Waals surface area (Å²) in [4.78, 5) is 22.8. The molecule has 0 atom stereocenters. The number of anilines is 2. The monoisotopic (exact) mass is 372 g/mol. The molecule has 0 saturated carbocycles. The Labute approximate surface area is 154 Å². The molecule has 0 radical (unpaired) electrons. The minimum atomic E-state index is -0.407. The number of thiazole rings is 1. The van der Waals surface area contributed by atoms with Crippen molar-refractivity contribution < 1.29 is 4.92 Å². The van der Waals surface area contributed by atoms with Gasteiger partial charge in [0.15, 0.2) is 0 Å². The van der Waals surface area contributed by atoms with Crippen molar-refractivity contribution >= 4 is 33.8 Å². The maximum absolute atomic E-state index is 11.3. The molecule has 0 spiro atoms. The molecule has 0 aromatic carbocycles. The van der Waals surface area contributed by atoms with E-state index in [0.29, 0.717) is 17.3 Å². The second-order valence-electron chi connectivity index (χ2n) is 6.38. The van der Waals surface area contributed by atoms with Crippen molar-refractivity contribution in [3.63, 3.8) is 0 Å². The van der Waals surface area contributed by atoms with Crippen LogP contribution in [0.5, 0.6) is 0 Å². The number of hydrogen-bond acceptors (Lipinski definition) is 7. The van der Waals surface area contributed by atoms with Crippen molar-refractivity contribution in [1.29, 1.82) is 0 Å². The topological polar surface area (TPSA) is 88.6 Å². The number of rotatable bonds is 5. The van der Waals surface area contributed by atoms with Gasteiger partial charge in [0.2, 0.25) is 5.82 Å². The van der Waals surface area contributed by atoms with Crippen LogP contribution in [0.3, 0.4) is 0 Å². The molecular weight excluding hydrogens is 352 g/mol. The second kappa shape index (κ2) is 7.28. The number of hydrogen-bond donors (Lipinski definition) is 1. The van der Waals surface area contributed by atoms with Crippen LogP contribution in [0.1, 0.15) is 31.2 Å². The first-order chi connectivity index (χ1) is 12.7. The normalized spacial score (nSPS) is 15.2. The smallest absolute Gasteiger partial charge is 0.359 e. The molecule has 9 heteroatoms. The molecule has 8 nitrogen and oxygen atoms in total. The van der Waals surface area contributed by atoms with E-state index in [1.54, 1.807) is 11.6 Å². The zero-order valence-corrected chi connectivity index (χ0v) is 15.1. The van der Waals surface area contributed by atoms with Gasteiger partial charge in [-0.05, 0) is 29.4 Å². The molecule has 1 N–H and O–H groups in total. The Morgan fingerprint density at radius 2 is 2.04 bits per heavy atom. The number of nitrogens with zero attached hydrogens (tertiary/aromatic N) is 5. The summed E-state index contributed by atoms with van der Waals surface area (Å²) in [6.07, 6.45) is 8.50. The summed E-state index contributed by atoms with van der Waals surface area (Å²) in [5.74, 6) is 1.26. The highest BCUT2D eigenvalue weighted by molar-refractivity contribution is 7.15. The molecule has 0 amide bonds. The molecule has 1 saturated heterocycles. The highest BCUT2D eigenvalue weighted by atomic mass is 32.1. The van der Waals surface area contributed by atoms with Crippen molar-refractivity contribution in [3.8, 4) is 0 Å². The average Bonchev–Trinajstić information content (AvgIpc) is 3.10. The van der Waals surface area contributed by atoms with Crippen molar-refractivity contribution in [3.05, 3.63) is 45.6 Å². The maximum atomic E-state index is 11.3. The number of pyridine rings is 1. The SMILES string of the molecule is O=[N+]([O-])c1c(NCc2ccc(N3CCCCCC3)nc2)nc2sccn12. The quantitative estimate of drug-likeness (QED) is 0.543. The van der Waals surface area contributed by atoms with Crippen LogP contribution in [0.2, 0.25) is 0 Å². The fourth-order valence-corrected chi connectivity index (χ4v) is 3.97. The summed E-state index contributed by atoms with van der Waals surface area (Å²) in [6, 6.07) is 4.05. The van der Waals surface area contributed by atoms with Crippen LogP contribution in [0.25, 0.3) is 4.96 Å². The average molecular weight is 372 g/mol. The van der Waals surface area contributed by atoms with Gasteiger partial charge in [-0.3, -0.25) is 0 Å². The molecule has 3 aromatic rings. The standard InChI is InChI=1S/C17H20N6O2S/c24-23(25)16-15(20-17-22(16)9-10-26-17)19-12-13-5-6-14(18-11-13)21-7-3-1-2-4-8-21/h5-6,9-11,19H,1-4,7-8,12H2. The number of aromatic nitrogens is 3. The van der Waals surface area contributed by atoms with Crippen molar-refractivity contribution in [2.45, 2.75) is 32.2 Å². The lowest BCUT2D eigenvalue weighted by Gasteiger charge is -2.21. The van der Waals surface area contributed by atoms with Gasteiger partial charge >= 0.3 is 5.82 Å². The second-order valence-corrected chi connectivity index (χ2v) is 7.25. The predicted molar refractivity (Wildman–Crippen MR) is 102 cm³/mol. The van der Waals surface area contributed by atoms with E-state index in [2.05, 4.69) is 20.2 Å². The van der Waals surface area contributed by atoms with E-state index in [0.717, 1.165) is 24.5 Å². The lowest BCUT2D eigenvalue weighted by atomic mass is 10.2. The molecule has 4 rings (SSSR count). The van der Waals surface area contributed by atoms with Crippen LogP contribution in [-0.2, 0) is 6.54 Å². The maximum Gasteiger partial charge on any atom is 0.372 e. The Kier molecular flexibility index (Phi) is 4.70. The predicted octanol–water partition coefficient (Wildman–Crippen LogP) is 3.69. The van der Waals surface area contributed by atoms with Gasteiger partial charge in [0.05, 0.1) is 0 Å². The number of imidazole rings is 1. The third kappa shape index (κ3) is 3.34. The van der Waals surface area contributed by atoms with E-state index in [-0.39, 0.29) is 5.82 Å². The van der Waals surface area contributed by atoms with Gasteiger partial charge in [-0.15, -0.1) is 0 Å². The van der Waals surface area contributed by atoms with E-state index in [4.69, 9.17) is 0 Å². The largest absolute Gasteiger partial charge is 0.372 e. The lowest BCUT2D eigenvalue weighted by Crippen LogP contribution is -2.24. The van der Waals surface area contributed by atoms with Crippen molar-refractivity contribution in [2.24, 2.45) is 0 Å². The molecule has 26 heavy (non-hydrogen) atoms. The van der Waals surface area contributed by atoms with Gasteiger partial charge in [-0.25, -0.2) is 4.98 Å². The summed E-state index contributed by atoms with van der Waals surface area (Å²) in [5.41, 5.74) is 0.967. The van der Waals surface area contributed by atoms with Crippen LogP contribution >= 0.6 is 11.3 Å². The lowest BCUT2D eigenvalue weighted by molar-refractivity contribution is -0.389. The number of nitrogens with one attached hydrogen (secondary N) is 1. The first kappa shape index (κ1) is 16.8. The Bertz CT molecular complexity index is 896. The van der Waals surface area contributed by atoms with Gasteiger partial charge in [0.1, 0.15) is 12.0 Å². The Morgan fingerprint density at radius 3 is 2.73 bits per heavy atom. The molecule has 0 unspecified atom stereocenters. The van der Waals surface area contributed by atoms with E-state index in [9.17, 15) is 10.1 Å². The van der Waals surface area contributed by atoms with E-state index in [1.165, 1.54) is 41.4 Å². The fraction of sp³-hybridized carbons (Fsp3) is 0.412. The summed E-state index contributed by atoms with van der Waals surface area (Å²) in [7, 11) is 0. The van der Waals surface area contributed by atoms with Crippen LogP contribution < -0.4 is 10.2 Å². The number of nitro groups is 1. The third-order valence-electron chi connectivity index (χ3n) is 4.61. The Hall–Kier alpha value is -2.68. The molecular formula is C17H20N6O2S. The van der Waals surface area contributed by atoms with Crippen molar-refractivity contribution in [1.82, 2.24) is 14.4 Å². The first-order valence-corrected chi connectivity index (χ1v) is 9.64. The molecule has 0 bridgehead atoms. The highest BCUT2D eigenvalue weighted by Gasteiger charge is 2.23. The molecule has 1 fully saturated rings. The summed E-state index contributed by atoms with van der Waals surface area (Å²) < 4.78 is 1.49. The van der Waals surface area contributed by atoms with Gasteiger partial charge < -0.3 is 20.3 Å². The van der Waals surface area contributed by atoms with Gasteiger partial charge in [-0.1, -0.05) is 30.2 Å². The zero-order valence-electron chi connectivity index (χ0n) is 14.3. The molecule has 4 heterocycles. The molecule has 136 valence electrons. The van der Waals surface area contributed by atoms with Gasteiger partial charge in [0.25, 0.3) is 4.96 Å². The molecule has 3 aromatic heterocycles. The van der Waals surface area contributed by atoms with Crippen LogP contribution in [-0.4, -0.2) is 32.4 Å². The van der Waals surface area contributed by atoms with Crippen LogP contribution in [0.4, 0.5) is 17.5 Å². The fourth-order valence-electron chi connectivity index (χ4n) is 3.26. The van der Waals surface area contributed by atoms with Gasteiger partial charge in [-0.2, -0.15) is 9.38 Å². The van der Waals surface area contributed by atoms with E-state index < -0.39 is 4.92 Å². The Balaban J connectivity index is 1.46. The van der Waals surface area contributed by atoms with Crippen molar-refractivity contribution in [2.75, 3.05) is 23.3 Å². The van der Waals surface area contributed by atoms with Crippen LogP contribution in [0, 0.1) is 10.1 Å². The van der Waals surface area contributed by atoms with Crippen LogP contribution in [0.15, 0.2) is 29.9 Å². The molecule has 0 aliphatic carbocycles. The molecule has 1 aliphatic heterocycles. The van der Waals surface area contributed by atoms with E-state index >= 15 is 0 Å². The summed E-state index contributed by atoms with van der Waals surface area (Å²) >= 11 is 1.37. The van der Waals surface area contributed by atoms with E-state index in [1.807, 2.05) is 18.3 Å². The van der Waals surface area contributed by atoms with Gasteiger partial charge in [0, 0.05) is 31.2 Å². The Morgan fingerprint density at radius 1 is 1.23 bits per heavy atom.